The van der Waals surface area contributed by atoms with E-state index in [1.54, 1.807) is 43.5 Å². The van der Waals surface area contributed by atoms with Crippen molar-refractivity contribution in [3.63, 3.8) is 0 Å². The van der Waals surface area contributed by atoms with Gasteiger partial charge in [-0.3, -0.25) is 9.59 Å². The molecule has 0 radical (unpaired) electrons. The molecule has 0 fully saturated rings. The Balaban J connectivity index is 2.02. The van der Waals surface area contributed by atoms with E-state index in [1.165, 1.54) is 7.11 Å². The lowest BCUT2D eigenvalue weighted by Crippen LogP contribution is -2.22. The molecule has 3 N–H and O–H groups in total. The van der Waals surface area contributed by atoms with E-state index in [0.29, 0.717) is 40.0 Å². The van der Waals surface area contributed by atoms with Gasteiger partial charge in [-0.25, -0.2) is 0 Å². The highest BCUT2D eigenvalue weighted by molar-refractivity contribution is 6.33. The summed E-state index contributed by atoms with van der Waals surface area (Å²) >= 11 is 6.18. The van der Waals surface area contributed by atoms with Gasteiger partial charge in [-0.2, -0.15) is 0 Å². The Morgan fingerprint density at radius 3 is 2.43 bits per heavy atom. The molecular formula is C20H24ClN3O4. The van der Waals surface area contributed by atoms with E-state index < -0.39 is 0 Å². The van der Waals surface area contributed by atoms with Crippen LogP contribution in [0.15, 0.2) is 36.4 Å². The van der Waals surface area contributed by atoms with E-state index in [2.05, 4.69) is 16.0 Å². The third-order valence-electron chi connectivity index (χ3n) is 3.85. The summed E-state index contributed by atoms with van der Waals surface area (Å²) in [5, 5.41) is 8.99. The zero-order chi connectivity index (χ0) is 20.5. The average molecular weight is 406 g/mol. The Morgan fingerprint density at radius 1 is 0.964 bits per heavy atom. The molecule has 8 heteroatoms. The van der Waals surface area contributed by atoms with Crippen molar-refractivity contribution in [3.8, 4) is 11.5 Å². The number of hydrogen-bond acceptors (Lipinski definition) is 5. The van der Waals surface area contributed by atoms with Crippen molar-refractivity contribution in [1.29, 1.82) is 0 Å². The molecule has 28 heavy (non-hydrogen) atoms. The molecule has 0 heterocycles. The van der Waals surface area contributed by atoms with Gasteiger partial charge in [-0.05, 0) is 36.8 Å². The number of methoxy groups -OCH3 is 2. The summed E-state index contributed by atoms with van der Waals surface area (Å²) in [4.78, 5) is 24.1. The lowest BCUT2D eigenvalue weighted by molar-refractivity contribution is -0.116. The number of nitrogens with one attached hydrogen (secondary N) is 3. The maximum Gasteiger partial charge on any atom is 0.243 e. The van der Waals surface area contributed by atoms with Crippen molar-refractivity contribution in [1.82, 2.24) is 0 Å². The van der Waals surface area contributed by atoms with Crippen LogP contribution in [0.4, 0.5) is 17.1 Å². The average Bonchev–Trinajstić information content (AvgIpc) is 2.68. The van der Waals surface area contributed by atoms with E-state index in [4.69, 9.17) is 21.1 Å². The number of benzene rings is 2. The number of halogens is 1. The number of carbonyl (C=O) groups is 2. The largest absolute Gasteiger partial charge is 0.497 e. The Bertz CT molecular complexity index is 842. The predicted molar refractivity (Wildman–Crippen MR) is 112 cm³/mol. The number of amides is 2. The Morgan fingerprint density at radius 2 is 1.75 bits per heavy atom. The van der Waals surface area contributed by atoms with Crippen LogP contribution in [0.25, 0.3) is 0 Å². The molecule has 0 spiro atoms. The third kappa shape index (κ3) is 6.06. The first-order valence-corrected chi connectivity index (χ1v) is 9.19. The normalized spacial score (nSPS) is 10.1. The molecule has 0 saturated carbocycles. The molecule has 0 atom stereocenters. The Kier molecular flexibility index (Phi) is 7.95. The van der Waals surface area contributed by atoms with Crippen molar-refractivity contribution in [2.75, 3.05) is 36.7 Å². The lowest BCUT2D eigenvalue weighted by Gasteiger charge is -2.14. The molecule has 2 aromatic carbocycles. The van der Waals surface area contributed by atoms with Crippen LogP contribution in [-0.4, -0.2) is 32.6 Å². The number of anilines is 3. The van der Waals surface area contributed by atoms with Crippen LogP contribution in [0.1, 0.15) is 19.8 Å². The van der Waals surface area contributed by atoms with Crippen LogP contribution in [0, 0.1) is 0 Å². The minimum Gasteiger partial charge on any atom is -0.497 e. The molecule has 0 aliphatic heterocycles. The fraction of sp³-hybridized carbons (Fsp3) is 0.300. The SMILES string of the molecule is CCCC(=O)Nc1ccc(Cl)c(NCC(=O)Nc2cc(OC)ccc2OC)c1. The van der Waals surface area contributed by atoms with Crippen LogP contribution < -0.4 is 25.4 Å². The highest BCUT2D eigenvalue weighted by Crippen LogP contribution is 2.29. The van der Waals surface area contributed by atoms with Gasteiger partial charge in [-0.15, -0.1) is 0 Å². The zero-order valence-electron chi connectivity index (χ0n) is 16.1. The van der Waals surface area contributed by atoms with E-state index >= 15 is 0 Å². The van der Waals surface area contributed by atoms with Gasteiger partial charge in [-0.1, -0.05) is 18.5 Å². The van der Waals surface area contributed by atoms with Crippen molar-refractivity contribution in [2.45, 2.75) is 19.8 Å². The smallest absolute Gasteiger partial charge is 0.243 e. The van der Waals surface area contributed by atoms with Crippen molar-refractivity contribution in [3.05, 3.63) is 41.4 Å². The first kappa shape index (κ1) is 21.4. The molecule has 2 aromatic rings. The maximum absolute atomic E-state index is 12.3. The van der Waals surface area contributed by atoms with Gasteiger partial charge in [0.1, 0.15) is 11.5 Å². The second kappa shape index (κ2) is 10.4. The maximum atomic E-state index is 12.3. The van der Waals surface area contributed by atoms with Crippen LogP contribution in [-0.2, 0) is 9.59 Å². The van der Waals surface area contributed by atoms with Gasteiger partial charge in [0.05, 0.1) is 37.2 Å². The molecule has 0 aromatic heterocycles. The topological polar surface area (TPSA) is 88.7 Å². The van der Waals surface area contributed by atoms with Crippen LogP contribution in [0.2, 0.25) is 5.02 Å². The molecule has 2 amide bonds. The van der Waals surface area contributed by atoms with E-state index in [9.17, 15) is 9.59 Å². The minimum atomic E-state index is -0.289. The zero-order valence-corrected chi connectivity index (χ0v) is 16.9. The molecule has 0 aliphatic carbocycles. The summed E-state index contributed by atoms with van der Waals surface area (Å²) in [6.45, 7) is 1.91. The molecule has 0 saturated heterocycles. The summed E-state index contributed by atoms with van der Waals surface area (Å²) in [6, 6.07) is 10.2. The van der Waals surface area contributed by atoms with Gasteiger partial charge >= 0.3 is 0 Å². The number of hydrogen-bond donors (Lipinski definition) is 3. The fourth-order valence-electron chi connectivity index (χ4n) is 2.47. The summed E-state index contributed by atoms with van der Waals surface area (Å²) in [7, 11) is 3.07. The van der Waals surface area contributed by atoms with E-state index in [0.717, 1.165) is 6.42 Å². The monoisotopic (exact) mass is 405 g/mol. The van der Waals surface area contributed by atoms with Crippen molar-refractivity contribution in [2.24, 2.45) is 0 Å². The van der Waals surface area contributed by atoms with Gasteiger partial charge < -0.3 is 25.4 Å². The predicted octanol–water partition coefficient (Wildman–Crippen LogP) is 4.15. The molecule has 0 bridgehead atoms. The van der Waals surface area contributed by atoms with Gasteiger partial charge in [0, 0.05) is 18.2 Å². The second-order valence-electron chi connectivity index (χ2n) is 5.96. The number of ether oxygens (including phenoxy) is 2. The Labute approximate surface area is 169 Å². The lowest BCUT2D eigenvalue weighted by atomic mass is 10.2. The van der Waals surface area contributed by atoms with E-state index in [1.807, 2.05) is 6.92 Å². The van der Waals surface area contributed by atoms with Gasteiger partial charge in [0.15, 0.2) is 0 Å². The molecule has 0 unspecified atom stereocenters. The Hall–Kier alpha value is -2.93. The summed E-state index contributed by atoms with van der Waals surface area (Å²) in [6.07, 6.45) is 1.20. The molecular weight excluding hydrogens is 382 g/mol. The quantitative estimate of drug-likeness (QED) is 0.583. The standard InChI is InChI=1S/C20H24ClN3O4/c1-4-5-19(25)23-13-6-8-15(21)16(10-13)22-12-20(26)24-17-11-14(27-2)7-9-18(17)28-3/h6-11,22H,4-5,12H2,1-3H3,(H,23,25)(H,24,26). The van der Waals surface area contributed by atoms with Crippen molar-refractivity contribution < 1.29 is 19.1 Å². The van der Waals surface area contributed by atoms with Crippen LogP contribution >= 0.6 is 11.6 Å². The highest BCUT2D eigenvalue weighted by atomic mass is 35.5. The summed E-state index contributed by atoms with van der Waals surface area (Å²) < 4.78 is 10.4. The minimum absolute atomic E-state index is 0.0214. The number of rotatable bonds is 9. The first-order chi connectivity index (χ1) is 13.5. The van der Waals surface area contributed by atoms with Crippen molar-refractivity contribution >= 4 is 40.5 Å². The molecule has 2 rings (SSSR count). The molecule has 0 aliphatic rings. The van der Waals surface area contributed by atoms with E-state index in [-0.39, 0.29) is 18.4 Å². The van der Waals surface area contributed by atoms with Gasteiger partial charge in [0.25, 0.3) is 0 Å². The molecule has 7 nitrogen and oxygen atoms in total. The van der Waals surface area contributed by atoms with Gasteiger partial charge in [0.2, 0.25) is 11.8 Å². The first-order valence-electron chi connectivity index (χ1n) is 8.82. The fourth-order valence-corrected chi connectivity index (χ4v) is 2.66. The second-order valence-corrected chi connectivity index (χ2v) is 6.37. The summed E-state index contributed by atoms with van der Waals surface area (Å²) in [5.41, 5.74) is 1.66. The van der Waals surface area contributed by atoms with Crippen LogP contribution in [0.3, 0.4) is 0 Å². The third-order valence-corrected chi connectivity index (χ3v) is 4.18. The van der Waals surface area contributed by atoms with Crippen LogP contribution in [0.5, 0.6) is 11.5 Å². The highest BCUT2D eigenvalue weighted by Gasteiger charge is 2.11. The molecule has 150 valence electrons. The summed E-state index contributed by atoms with van der Waals surface area (Å²) in [5.74, 6) is 0.761. The number of carbonyl (C=O) groups excluding carboxylic acids is 2.